The highest BCUT2D eigenvalue weighted by Crippen LogP contribution is 2.31. The molecule has 2 saturated heterocycles. The molecule has 2 aliphatic heterocycles. The number of H-pyrrole nitrogens is 1. The largest absolute Gasteiger partial charge is 0.449 e. The van der Waals surface area contributed by atoms with Gasteiger partial charge in [0.25, 0.3) is 5.91 Å². The predicted molar refractivity (Wildman–Crippen MR) is 95.4 cm³/mol. The van der Waals surface area contributed by atoms with Crippen LogP contribution in [0.3, 0.4) is 0 Å². The zero-order chi connectivity index (χ0) is 19.0. The Labute approximate surface area is 155 Å². The molecule has 3 heterocycles. The highest BCUT2D eigenvalue weighted by Gasteiger charge is 2.35. The minimum absolute atomic E-state index is 0.198. The molecule has 1 aromatic carbocycles. The highest BCUT2D eigenvalue weighted by molar-refractivity contribution is 5.97. The first-order chi connectivity index (χ1) is 12.9. The average Bonchev–Trinajstić information content (AvgIpc) is 3.10. The normalized spacial score (nSPS) is 24.0. The molecule has 0 spiro atoms. The Morgan fingerprint density at radius 1 is 1.22 bits per heavy atom. The number of carbonyl (C=O) groups is 1. The lowest BCUT2D eigenvalue weighted by molar-refractivity contribution is -0.144. The summed E-state index contributed by atoms with van der Waals surface area (Å²) in [7, 11) is 0. The minimum atomic E-state index is -4.53. The Bertz CT molecular complexity index is 830. The molecule has 1 aromatic heterocycles. The molecule has 0 bridgehead atoms. The summed E-state index contributed by atoms with van der Waals surface area (Å²) in [6, 6.07) is 4.93. The molecule has 146 valence electrons. The van der Waals surface area contributed by atoms with E-state index in [1.54, 1.807) is 0 Å². The van der Waals surface area contributed by atoms with E-state index in [2.05, 4.69) is 20.2 Å². The molecule has 2 aliphatic rings. The van der Waals surface area contributed by atoms with Crippen LogP contribution in [0.15, 0.2) is 18.2 Å². The Kier molecular flexibility index (Phi) is 4.84. The third-order valence-electron chi connectivity index (χ3n) is 5.77. The van der Waals surface area contributed by atoms with E-state index < -0.39 is 12.0 Å². The lowest BCUT2D eigenvalue weighted by Crippen LogP contribution is -2.51. The topological polar surface area (TPSA) is 61.0 Å². The summed E-state index contributed by atoms with van der Waals surface area (Å²) in [4.78, 5) is 20.8. The second-order valence-electron chi connectivity index (χ2n) is 7.53. The first kappa shape index (κ1) is 18.3. The van der Waals surface area contributed by atoms with Crippen molar-refractivity contribution in [2.75, 3.05) is 19.6 Å². The molecular formula is C19H23F3N4O. The van der Waals surface area contributed by atoms with Crippen LogP contribution in [0, 0.1) is 5.92 Å². The van der Waals surface area contributed by atoms with Crippen LogP contribution in [-0.4, -0.2) is 46.5 Å². The minimum Gasteiger partial charge on any atom is -0.352 e. The molecular weight excluding hydrogens is 357 g/mol. The smallest absolute Gasteiger partial charge is 0.352 e. The van der Waals surface area contributed by atoms with Crippen LogP contribution >= 0.6 is 0 Å². The van der Waals surface area contributed by atoms with Gasteiger partial charge in [-0.15, -0.1) is 0 Å². The van der Waals surface area contributed by atoms with Crippen LogP contribution in [0.1, 0.15) is 48.3 Å². The monoisotopic (exact) mass is 380 g/mol. The van der Waals surface area contributed by atoms with Gasteiger partial charge in [-0.05, 0) is 62.9 Å². The molecule has 0 aliphatic carbocycles. The van der Waals surface area contributed by atoms with Gasteiger partial charge >= 0.3 is 6.18 Å². The van der Waals surface area contributed by atoms with E-state index in [1.165, 1.54) is 37.5 Å². The molecule has 2 fully saturated rings. The Morgan fingerprint density at radius 3 is 2.85 bits per heavy atom. The van der Waals surface area contributed by atoms with Crippen LogP contribution in [0.4, 0.5) is 13.2 Å². The molecule has 0 saturated carbocycles. The average molecular weight is 380 g/mol. The Morgan fingerprint density at radius 2 is 2.04 bits per heavy atom. The number of rotatable bonds is 3. The van der Waals surface area contributed by atoms with E-state index >= 15 is 0 Å². The summed E-state index contributed by atoms with van der Waals surface area (Å²) in [6.07, 6.45) is 1.39. The van der Waals surface area contributed by atoms with Gasteiger partial charge in [-0.2, -0.15) is 13.2 Å². The van der Waals surface area contributed by atoms with Crippen LogP contribution in [-0.2, 0) is 6.18 Å². The van der Waals surface area contributed by atoms with Gasteiger partial charge in [0.15, 0.2) is 0 Å². The third kappa shape index (κ3) is 3.81. The maximum absolute atomic E-state index is 12.8. The molecule has 0 radical (unpaired) electrons. The van der Waals surface area contributed by atoms with E-state index in [0.29, 0.717) is 24.1 Å². The van der Waals surface area contributed by atoms with Crippen molar-refractivity contribution in [3.63, 3.8) is 0 Å². The lowest BCUT2D eigenvalue weighted by Gasteiger charge is -2.44. The SMILES string of the molecule is O=C(NC[C@H]1CCCN2CCCC[C@@H]12)c1ccc2nc(C(F)(F)F)[nH]c2c1. The first-order valence-electron chi connectivity index (χ1n) is 9.51. The number of imidazole rings is 1. The molecule has 5 nitrogen and oxygen atoms in total. The number of hydrogen-bond donors (Lipinski definition) is 2. The van der Waals surface area contributed by atoms with Crippen molar-refractivity contribution in [2.24, 2.45) is 5.92 Å². The van der Waals surface area contributed by atoms with Crippen molar-refractivity contribution in [3.05, 3.63) is 29.6 Å². The van der Waals surface area contributed by atoms with Gasteiger partial charge < -0.3 is 15.2 Å². The van der Waals surface area contributed by atoms with E-state index in [1.807, 2.05) is 0 Å². The number of nitrogens with zero attached hydrogens (tertiary/aromatic N) is 2. The summed E-state index contributed by atoms with van der Waals surface area (Å²) < 4.78 is 38.3. The van der Waals surface area contributed by atoms with Gasteiger partial charge in [-0.3, -0.25) is 4.79 Å². The standard InChI is InChI=1S/C19H23F3N4O/c20-19(21,22)18-24-14-7-6-12(10-15(14)25-18)17(27)23-11-13-4-3-9-26-8-2-1-5-16(13)26/h6-7,10,13,16H,1-5,8-9,11H2,(H,23,27)(H,24,25)/t13-,16+/m1/s1. The van der Waals surface area contributed by atoms with E-state index in [4.69, 9.17) is 0 Å². The quantitative estimate of drug-likeness (QED) is 0.856. The maximum Gasteiger partial charge on any atom is 0.449 e. The lowest BCUT2D eigenvalue weighted by atomic mass is 9.83. The van der Waals surface area contributed by atoms with Gasteiger partial charge in [-0.1, -0.05) is 6.42 Å². The number of aromatic nitrogens is 2. The number of piperidine rings is 2. The zero-order valence-electron chi connectivity index (χ0n) is 15.0. The molecule has 8 heteroatoms. The molecule has 4 rings (SSSR count). The summed E-state index contributed by atoms with van der Waals surface area (Å²) in [5.41, 5.74) is 0.756. The summed E-state index contributed by atoms with van der Waals surface area (Å²) >= 11 is 0. The number of carbonyl (C=O) groups excluding carboxylic acids is 1. The maximum atomic E-state index is 12.8. The number of alkyl halides is 3. The Balaban J connectivity index is 1.43. The number of fused-ring (bicyclic) bond motifs is 2. The van der Waals surface area contributed by atoms with Crippen molar-refractivity contribution in [1.29, 1.82) is 0 Å². The van der Waals surface area contributed by atoms with Gasteiger partial charge in [0, 0.05) is 18.2 Å². The fourth-order valence-electron chi connectivity index (χ4n) is 4.43. The third-order valence-corrected chi connectivity index (χ3v) is 5.77. The van der Waals surface area contributed by atoms with Crippen LogP contribution in [0.25, 0.3) is 11.0 Å². The Hall–Kier alpha value is -2.09. The number of aromatic amines is 1. The van der Waals surface area contributed by atoms with Crippen LogP contribution in [0.5, 0.6) is 0 Å². The van der Waals surface area contributed by atoms with Crippen molar-refractivity contribution >= 4 is 16.9 Å². The van der Waals surface area contributed by atoms with E-state index in [0.717, 1.165) is 25.9 Å². The van der Waals surface area contributed by atoms with Crippen molar-refractivity contribution < 1.29 is 18.0 Å². The number of benzene rings is 1. The first-order valence-corrected chi connectivity index (χ1v) is 9.51. The second kappa shape index (κ2) is 7.14. The van der Waals surface area contributed by atoms with Crippen molar-refractivity contribution in [3.8, 4) is 0 Å². The van der Waals surface area contributed by atoms with Gasteiger partial charge in [-0.25, -0.2) is 4.98 Å². The fourth-order valence-corrected chi connectivity index (χ4v) is 4.43. The summed E-state index contributed by atoms with van der Waals surface area (Å²) in [5, 5.41) is 2.98. The molecule has 2 aromatic rings. The second-order valence-corrected chi connectivity index (χ2v) is 7.53. The van der Waals surface area contributed by atoms with E-state index in [-0.39, 0.29) is 16.9 Å². The van der Waals surface area contributed by atoms with Crippen molar-refractivity contribution in [2.45, 2.75) is 44.3 Å². The predicted octanol–water partition coefficient (Wildman–Crippen LogP) is 3.58. The summed E-state index contributed by atoms with van der Waals surface area (Å²) in [5.74, 6) is -0.863. The number of hydrogen-bond acceptors (Lipinski definition) is 3. The summed E-state index contributed by atoms with van der Waals surface area (Å²) in [6.45, 7) is 2.90. The van der Waals surface area contributed by atoms with Crippen molar-refractivity contribution in [1.82, 2.24) is 20.2 Å². The van der Waals surface area contributed by atoms with Gasteiger partial charge in [0.1, 0.15) is 0 Å². The number of halogens is 3. The highest BCUT2D eigenvalue weighted by atomic mass is 19.4. The van der Waals surface area contributed by atoms with E-state index in [9.17, 15) is 18.0 Å². The fraction of sp³-hybridized carbons (Fsp3) is 0.579. The van der Waals surface area contributed by atoms with Gasteiger partial charge in [0.05, 0.1) is 11.0 Å². The molecule has 0 unspecified atom stereocenters. The zero-order valence-corrected chi connectivity index (χ0v) is 15.0. The molecule has 27 heavy (non-hydrogen) atoms. The molecule has 1 amide bonds. The van der Waals surface area contributed by atoms with Gasteiger partial charge in [0.2, 0.25) is 5.82 Å². The molecule has 2 N–H and O–H groups in total. The number of amides is 1. The van der Waals surface area contributed by atoms with Crippen LogP contribution in [0.2, 0.25) is 0 Å². The number of nitrogens with one attached hydrogen (secondary N) is 2. The van der Waals surface area contributed by atoms with Crippen LogP contribution < -0.4 is 5.32 Å². The molecule has 2 atom stereocenters.